The van der Waals surface area contributed by atoms with E-state index in [1.807, 2.05) is 18.2 Å². The third-order valence-corrected chi connectivity index (χ3v) is 4.14. The minimum absolute atomic E-state index is 0.0539. The fourth-order valence-corrected chi connectivity index (χ4v) is 2.98. The molecule has 0 saturated heterocycles. The molecule has 0 spiro atoms. The zero-order chi connectivity index (χ0) is 17.1. The molecule has 4 nitrogen and oxygen atoms in total. The molecular formula is C20H23N3O. The summed E-state index contributed by atoms with van der Waals surface area (Å²) < 4.78 is 5.46. The molecule has 1 aromatic carbocycles. The summed E-state index contributed by atoms with van der Waals surface area (Å²) >= 11 is 0. The van der Waals surface area contributed by atoms with E-state index in [4.69, 9.17) is 15.5 Å². The quantitative estimate of drug-likeness (QED) is 0.759. The maximum atomic E-state index is 6.33. The second kappa shape index (κ2) is 6.97. The molecule has 3 aromatic rings. The molecule has 2 heterocycles. The van der Waals surface area contributed by atoms with Crippen LogP contribution in [-0.2, 0) is 0 Å². The van der Waals surface area contributed by atoms with Gasteiger partial charge in [-0.15, -0.1) is 0 Å². The molecule has 0 saturated carbocycles. The molecule has 2 N–H and O–H groups in total. The number of para-hydroxylation sites is 1. The van der Waals surface area contributed by atoms with E-state index in [9.17, 15) is 0 Å². The van der Waals surface area contributed by atoms with Crippen LogP contribution in [0.4, 0.5) is 0 Å². The average Bonchev–Trinajstić information content (AvgIpc) is 2.60. The van der Waals surface area contributed by atoms with Crippen LogP contribution in [-0.4, -0.2) is 17.1 Å². The van der Waals surface area contributed by atoms with Gasteiger partial charge in [0.05, 0.1) is 24.5 Å². The number of nitrogens with two attached hydrogens (primary N) is 1. The van der Waals surface area contributed by atoms with Crippen LogP contribution in [0.3, 0.4) is 0 Å². The first-order chi connectivity index (χ1) is 11.6. The summed E-state index contributed by atoms with van der Waals surface area (Å²) in [5.41, 5.74) is 10.2. The van der Waals surface area contributed by atoms with E-state index in [1.54, 1.807) is 19.5 Å². The lowest BCUT2D eigenvalue weighted by Crippen LogP contribution is -2.14. The van der Waals surface area contributed by atoms with E-state index in [0.717, 1.165) is 39.9 Å². The summed E-state index contributed by atoms with van der Waals surface area (Å²) in [7, 11) is 1.66. The fourth-order valence-electron chi connectivity index (χ4n) is 2.98. The number of ether oxygens (including phenoxy) is 1. The molecule has 3 rings (SSSR count). The maximum absolute atomic E-state index is 6.33. The van der Waals surface area contributed by atoms with Crippen molar-refractivity contribution in [2.24, 2.45) is 11.7 Å². The number of hydrogen-bond acceptors (Lipinski definition) is 4. The average molecular weight is 321 g/mol. The lowest BCUT2D eigenvalue weighted by atomic mass is 9.99. The second-order valence-electron chi connectivity index (χ2n) is 6.43. The van der Waals surface area contributed by atoms with Gasteiger partial charge in [-0.3, -0.25) is 9.97 Å². The van der Waals surface area contributed by atoms with E-state index in [0.29, 0.717) is 5.92 Å². The predicted molar refractivity (Wildman–Crippen MR) is 97.9 cm³/mol. The van der Waals surface area contributed by atoms with Crippen molar-refractivity contribution in [3.8, 4) is 16.9 Å². The van der Waals surface area contributed by atoms with E-state index in [1.165, 1.54) is 0 Å². The van der Waals surface area contributed by atoms with Crippen molar-refractivity contribution in [1.82, 2.24) is 9.97 Å². The van der Waals surface area contributed by atoms with Crippen LogP contribution in [0.2, 0.25) is 0 Å². The van der Waals surface area contributed by atoms with Gasteiger partial charge < -0.3 is 10.5 Å². The molecule has 0 fully saturated rings. The van der Waals surface area contributed by atoms with Crippen molar-refractivity contribution in [3.63, 3.8) is 0 Å². The highest BCUT2D eigenvalue weighted by molar-refractivity contribution is 5.95. The highest BCUT2D eigenvalue weighted by Gasteiger charge is 2.14. The van der Waals surface area contributed by atoms with Crippen LogP contribution in [0.5, 0.6) is 5.75 Å². The van der Waals surface area contributed by atoms with Crippen molar-refractivity contribution >= 4 is 10.9 Å². The Kier molecular flexibility index (Phi) is 4.76. The summed E-state index contributed by atoms with van der Waals surface area (Å²) in [6.45, 7) is 4.35. The second-order valence-corrected chi connectivity index (χ2v) is 6.43. The Morgan fingerprint density at radius 1 is 1.08 bits per heavy atom. The Morgan fingerprint density at radius 3 is 2.67 bits per heavy atom. The minimum atomic E-state index is -0.0539. The van der Waals surface area contributed by atoms with E-state index in [-0.39, 0.29) is 6.04 Å². The van der Waals surface area contributed by atoms with E-state index < -0.39 is 0 Å². The Bertz CT molecular complexity index is 845. The summed E-state index contributed by atoms with van der Waals surface area (Å²) in [4.78, 5) is 9.01. The molecule has 4 heteroatoms. The predicted octanol–water partition coefficient (Wildman–Crippen LogP) is 4.35. The van der Waals surface area contributed by atoms with Crippen LogP contribution < -0.4 is 10.5 Å². The molecule has 0 bridgehead atoms. The Hall–Kier alpha value is -2.46. The Balaban J connectivity index is 2.15. The normalized spacial score (nSPS) is 12.5. The zero-order valence-electron chi connectivity index (χ0n) is 14.4. The van der Waals surface area contributed by atoms with Gasteiger partial charge in [0.1, 0.15) is 5.75 Å². The van der Waals surface area contributed by atoms with Gasteiger partial charge in [0, 0.05) is 28.8 Å². The van der Waals surface area contributed by atoms with Crippen LogP contribution in [0.25, 0.3) is 22.0 Å². The molecule has 0 amide bonds. The number of hydrogen-bond donors (Lipinski definition) is 1. The highest BCUT2D eigenvalue weighted by Crippen LogP contribution is 2.34. The van der Waals surface area contributed by atoms with Crippen molar-refractivity contribution in [3.05, 3.63) is 54.5 Å². The number of rotatable bonds is 5. The monoisotopic (exact) mass is 321 g/mol. The molecule has 2 aromatic heterocycles. The van der Waals surface area contributed by atoms with Gasteiger partial charge in [-0.2, -0.15) is 0 Å². The smallest absolute Gasteiger partial charge is 0.145 e. The SMILES string of the molecule is COc1cnccc1-c1cccc2ccc(C(N)CC(C)C)nc12. The largest absolute Gasteiger partial charge is 0.494 e. The van der Waals surface area contributed by atoms with Crippen molar-refractivity contribution in [2.45, 2.75) is 26.3 Å². The topological polar surface area (TPSA) is 61.0 Å². The molecule has 0 aliphatic heterocycles. The van der Waals surface area contributed by atoms with E-state index in [2.05, 4.69) is 37.0 Å². The molecule has 124 valence electrons. The minimum Gasteiger partial charge on any atom is -0.494 e. The standard InChI is InChI=1S/C20H23N3O/c1-13(2)11-17(21)18-8-7-14-5-4-6-16(20(14)23-18)15-9-10-22-12-19(15)24-3/h4-10,12-13,17H,11,21H2,1-3H3. The first-order valence-electron chi connectivity index (χ1n) is 8.23. The Labute approximate surface area is 142 Å². The third-order valence-electron chi connectivity index (χ3n) is 4.14. The maximum Gasteiger partial charge on any atom is 0.145 e. The van der Waals surface area contributed by atoms with Crippen LogP contribution >= 0.6 is 0 Å². The van der Waals surface area contributed by atoms with Gasteiger partial charge >= 0.3 is 0 Å². The van der Waals surface area contributed by atoms with Gasteiger partial charge in [0.15, 0.2) is 0 Å². The number of methoxy groups -OCH3 is 1. The van der Waals surface area contributed by atoms with Gasteiger partial charge in [-0.25, -0.2) is 0 Å². The van der Waals surface area contributed by atoms with Crippen molar-refractivity contribution in [2.75, 3.05) is 7.11 Å². The molecule has 1 unspecified atom stereocenters. The molecule has 24 heavy (non-hydrogen) atoms. The van der Waals surface area contributed by atoms with Crippen LogP contribution in [0.15, 0.2) is 48.8 Å². The lowest BCUT2D eigenvalue weighted by molar-refractivity contribution is 0.414. The third kappa shape index (κ3) is 3.24. The van der Waals surface area contributed by atoms with Crippen LogP contribution in [0, 0.1) is 5.92 Å². The van der Waals surface area contributed by atoms with Crippen molar-refractivity contribution in [1.29, 1.82) is 0 Å². The summed E-state index contributed by atoms with van der Waals surface area (Å²) in [6.07, 6.45) is 4.41. The first kappa shape index (κ1) is 16.4. The Morgan fingerprint density at radius 2 is 1.92 bits per heavy atom. The van der Waals surface area contributed by atoms with Gasteiger partial charge in [-0.05, 0) is 24.5 Å². The molecular weight excluding hydrogens is 298 g/mol. The van der Waals surface area contributed by atoms with Crippen LogP contribution in [0.1, 0.15) is 32.0 Å². The number of fused-ring (bicyclic) bond motifs is 1. The number of benzene rings is 1. The van der Waals surface area contributed by atoms with Gasteiger partial charge in [0.2, 0.25) is 0 Å². The van der Waals surface area contributed by atoms with Crippen molar-refractivity contribution < 1.29 is 4.74 Å². The number of pyridine rings is 2. The number of aromatic nitrogens is 2. The molecule has 0 aliphatic carbocycles. The highest BCUT2D eigenvalue weighted by atomic mass is 16.5. The molecule has 0 radical (unpaired) electrons. The first-order valence-corrected chi connectivity index (χ1v) is 8.23. The van der Waals surface area contributed by atoms with Gasteiger partial charge in [-0.1, -0.05) is 38.1 Å². The molecule has 0 aliphatic rings. The number of nitrogens with zero attached hydrogens (tertiary/aromatic N) is 2. The summed E-state index contributed by atoms with van der Waals surface area (Å²) in [5, 5.41) is 1.09. The zero-order valence-corrected chi connectivity index (χ0v) is 14.4. The summed E-state index contributed by atoms with van der Waals surface area (Å²) in [6, 6.07) is 12.2. The molecule has 1 atom stereocenters. The van der Waals surface area contributed by atoms with Gasteiger partial charge in [0.25, 0.3) is 0 Å². The fraction of sp³-hybridized carbons (Fsp3) is 0.300. The van der Waals surface area contributed by atoms with E-state index >= 15 is 0 Å². The lowest BCUT2D eigenvalue weighted by Gasteiger charge is -2.15. The summed E-state index contributed by atoms with van der Waals surface area (Å²) in [5.74, 6) is 1.27.